The quantitative estimate of drug-likeness (QED) is 0.745. The summed E-state index contributed by atoms with van der Waals surface area (Å²) in [5.41, 5.74) is 0.329. The molecule has 0 unspecified atom stereocenters. The fourth-order valence-electron chi connectivity index (χ4n) is 1.88. The van der Waals surface area contributed by atoms with Gasteiger partial charge in [0.1, 0.15) is 0 Å². The van der Waals surface area contributed by atoms with Gasteiger partial charge in [-0.25, -0.2) is 0 Å². The summed E-state index contributed by atoms with van der Waals surface area (Å²) in [7, 11) is 1.54. The SMILES string of the molecule is CCCOc1c(Cl)cc(C(=O)N(C)CCC(=O)O)cc1OCC. The lowest BCUT2D eigenvalue weighted by Crippen LogP contribution is -2.29. The van der Waals surface area contributed by atoms with Crippen molar-refractivity contribution in [1.82, 2.24) is 4.90 Å². The van der Waals surface area contributed by atoms with Crippen LogP contribution in [0.2, 0.25) is 5.02 Å². The molecule has 0 aliphatic heterocycles. The van der Waals surface area contributed by atoms with Crippen molar-refractivity contribution in [2.24, 2.45) is 0 Å². The van der Waals surface area contributed by atoms with Crippen LogP contribution in [0.1, 0.15) is 37.0 Å². The molecule has 1 amide bonds. The van der Waals surface area contributed by atoms with Gasteiger partial charge in [0.05, 0.1) is 24.7 Å². The molecule has 23 heavy (non-hydrogen) atoms. The van der Waals surface area contributed by atoms with Crippen LogP contribution >= 0.6 is 11.6 Å². The van der Waals surface area contributed by atoms with Gasteiger partial charge in [-0.15, -0.1) is 0 Å². The van der Waals surface area contributed by atoms with Gasteiger partial charge in [0.2, 0.25) is 0 Å². The van der Waals surface area contributed by atoms with E-state index < -0.39 is 5.97 Å². The molecule has 0 fully saturated rings. The molecule has 1 aromatic carbocycles. The van der Waals surface area contributed by atoms with E-state index in [1.165, 1.54) is 11.0 Å². The van der Waals surface area contributed by atoms with Crippen LogP contribution in [0, 0.1) is 0 Å². The number of rotatable bonds is 9. The lowest BCUT2D eigenvalue weighted by atomic mass is 10.1. The van der Waals surface area contributed by atoms with Crippen LogP contribution in [0.3, 0.4) is 0 Å². The van der Waals surface area contributed by atoms with Crippen molar-refractivity contribution in [3.8, 4) is 11.5 Å². The highest BCUT2D eigenvalue weighted by Crippen LogP contribution is 2.37. The Labute approximate surface area is 140 Å². The molecule has 0 radical (unpaired) electrons. The number of hydrogen-bond donors (Lipinski definition) is 1. The standard InChI is InChI=1S/C16H22ClNO5/c1-4-8-23-15-12(17)9-11(10-13(15)22-5-2)16(21)18(3)7-6-14(19)20/h9-10H,4-8H2,1-3H3,(H,19,20). The monoisotopic (exact) mass is 343 g/mol. The lowest BCUT2D eigenvalue weighted by Gasteiger charge is -2.18. The molecule has 0 atom stereocenters. The van der Waals surface area contributed by atoms with Gasteiger partial charge in [-0.2, -0.15) is 0 Å². The molecule has 1 rings (SSSR count). The third-order valence-electron chi connectivity index (χ3n) is 3.01. The molecular formula is C16H22ClNO5. The number of carboxylic acid groups (broad SMARTS) is 1. The summed E-state index contributed by atoms with van der Waals surface area (Å²) in [6.07, 6.45) is 0.701. The number of aliphatic carboxylic acids is 1. The Kier molecular flexibility index (Phi) is 7.68. The number of ether oxygens (including phenoxy) is 2. The maximum atomic E-state index is 12.4. The van der Waals surface area contributed by atoms with Crippen molar-refractivity contribution >= 4 is 23.5 Å². The average Bonchev–Trinajstić information content (AvgIpc) is 2.51. The number of hydrogen-bond acceptors (Lipinski definition) is 4. The topological polar surface area (TPSA) is 76.1 Å². The second kappa shape index (κ2) is 9.25. The van der Waals surface area contributed by atoms with Crippen LogP contribution in [-0.2, 0) is 4.79 Å². The highest BCUT2D eigenvalue weighted by molar-refractivity contribution is 6.32. The largest absolute Gasteiger partial charge is 0.490 e. The molecule has 0 aliphatic rings. The summed E-state index contributed by atoms with van der Waals surface area (Å²) in [5, 5.41) is 8.99. The van der Waals surface area contributed by atoms with E-state index in [1.54, 1.807) is 13.1 Å². The molecule has 7 heteroatoms. The van der Waals surface area contributed by atoms with E-state index in [-0.39, 0.29) is 18.9 Å². The Morgan fingerprint density at radius 1 is 1.26 bits per heavy atom. The first kappa shape index (κ1) is 19.1. The van der Waals surface area contributed by atoms with Crippen LogP contribution in [0.4, 0.5) is 0 Å². The molecule has 0 saturated heterocycles. The van der Waals surface area contributed by atoms with Gasteiger partial charge < -0.3 is 19.5 Å². The first-order valence-electron chi connectivity index (χ1n) is 7.47. The first-order chi connectivity index (χ1) is 10.9. The predicted octanol–water partition coefficient (Wildman–Crippen LogP) is 3.07. The maximum absolute atomic E-state index is 12.4. The second-order valence-corrected chi connectivity index (χ2v) is 5.34. The van der Waals surface area contributed by atoms with E-state index in [9.17, 15) is 9.59 Å². The van der Waals surface area contributed by atoms with Gasteiger partial charge >= 0.3 is 5.97 Å². The first-order valence-corrected chi connectivity index (χ1v) is 7.84. The molecule has 0 spiro atoms. The number of carboxylic acids is 1. The van der Waals surface area contributed by atoms with Crippen LogP contribution < -0.4 is 9.47 Å². The molecule has 6 nitrogen and oxygen atoms in total. The minimum absolute atomic E-state index is 0.115. The molecular weight excluding hydrogens is 322 g/mol. The number of nitrogens with zero attached hydrogens (tertiary/aromatic N) is 1. The summed E-state index contributed by atoms with van der Waals surface area (Å²) >= 11 is 6.21. The van der Waals surface area contributed by atoms with E-state index in [0.29, 0.717) is 35.3 Å². The number of carbonyl (C=O) groups is 2. The van der Waals surface area contributed by atoms with E-state index in [4.69, 9.17) is 26.2 Å². The molecule has 0 saturated carbocycles. The van der Waals surface area contributed by atoms with Crippen LogP contribution in [0.5, 0.6) is 11.5 Å². The molecule has 0 heterocycles. The summed E-state index contributed by atoms with van der Waals surface area (Å²) in [6, 6.07) is 3.08. The van der Waals surface area contributed by atoms with Crippen molar-refractivity contribution in [2.45, 2.75) is 26.7 Å². The third-order valence-corrected chi connectivity index (χ3v) is 3.30. The van der Waals surface area contributed by atoms with Crippen LogP contribution in [-0.4, -0.2) is 48.7 Å². The second-order valence-electron chi connectivity index (χ2n) is 4.94. The van der Waals surface area contributed by atoms with Gasteiger partial charge in [0.15, 0.2) is 11.5 Å². The zero-order chi connectivity index (χ0) is 17.4. The van der Waals surface area contributed by atoms with Crippen LogP contribution in [0.25, 0.3) is 0 Å². The van der Waals surface area contributed by atoms with Crippen molar-refractivity contribution in [2.75, 3.05) is 26.8 Å². The summed E-state index contributed by atoms with van der Waals surface area (Å²) in [6.45, 7) is 4.81. The molecule has 128 valence electrons. The zero-order valence-electron chi connectivity index (χ0n) is 13.6. The third kappa shape index (κ3) is 5.63. The fourth-order valence-corrected chi connectivity index (χ4v) is 2.15. The molecule has 0 bridgehead atoms. The minimum Gasteiger partial charge on any atom is -0.490 e. The number of carbonyl (C=O) groups excluding carboxylic acids is 1. The van der Waals surface area contributed by atoms with Gasteiger partial charge in [0.25, 0.3) is 5.91 Å². The average molecular weight is 344 g/mol. The Hall–Kier alpha value is -1.95. The van der Waals surface area contributed by atoms with Gasteiger partial charge in [-0.1, -0.05) is 18.5 Å². The minimum atomic E-state index is -0.957. The number of amides is 1. The molecule has 0 aliphatic carbocycles. The van der Waals surface area contributed by atoms with Gasteiger partial charge in [-0.05, 0) is 25.5 Å². The van der Waals surface area contributed by atoms with Gasteiger partial charge in [0, 0.05) is 19.2 Å². The smallest absolute Gasteiger partial charge is 0.305 e. The Bertz CT molecular complexity index is 562. The van der Waals surface area contributed by atoms with Crippen molar-refractivity contribution in [3.05, 3.63) is 22.7 Å². The Morgan fingerprint density at radius 3 is 2.52 bits per heavy atom. The van der Waals surface area contributed by atoms with E-state index in [0.717, 1.165) is 6.42 Å². The predicted molar refractivity (Wildman–Crippen MR) is 87.6 cm³/mol. The highest BCUT2D eigenvalue weighted by Gasteiger charge is 2.19. The molecule has 1 N–H and O–H groups in total. The number of halogens is 1. The summed E-state index contributed by atoms with van der Waals surface area (Å²) in [5.74, 6) is -0.458. The molecule has 0 aromatic heterocycles. The van der Waals surface area contributed by atoms with Crippen LogP contribution in [0.15, 0.2) is 12.1 Å². The summed E-state index contributed by atoms with van der Waals surface area (Å²) < 4.78 is 11.1. The fraction of sp³-hybridized carbons (Fsp3) is 0.500. The van der Waals surface area contributed by atoms with Crippen molar-refractivity contribution in [3.63, 3.8) is 0 Å². The highest BCUT2D eigenvalue weighted by atomic mass is 35.5. The van der Waals surface area contributed by atoms with E-state index in [1.807, 2.05) is 13.8 Å². The maximum Gasteiger partial charge on any atom is 0.305 e. The summed E-state index contributed by atoms with van der Waals surface area (Å²) in [4.78, 5) is 24.3. The zero-order valence-corrected chi connectivity index (χ0v) is 14.4. The molecule has 1 aromatic rings. The lowest BCUT2D eigenvalue weighted by molar-refractivity contribution is -0.137. The van der Waals surface area contributed by atoms with E-state index in [2.05, 4.69) is 0 Å². The Balaban J connectivity index is 3.02. The van der Waals surface area contributed by atoms with Gasteiger partial charge in [-0.3, -0.25) is 9.59 Å². The normalized spacial score (nSPS) is 10.3. The van der Waals surface area contributed by atoms with Crippen molar-refractivity contribution < 1.29 is 24.2 Å². The van der Waals surface area contributed by atoms with E-state index >= 15 is 0 Å². The van der Waals surface area contributed by atoms with Crippen molar-refractivity contribution in [1.29, 1.82) is 0 Å². The number of benzene rings is 1. The Morgan fingerprint density at radius 2 is 1.96 bits per heavy atom.